The van der Waals surface area contributed by atoms with E-state index >= 15 is 0 Å². The number of rotatable bonds is 2. The minimum atomic E-state index is -0.105. The zero-order valence-corrected chi connectivity index (χ0v) is 12.2. The summed E-state index contributed by atoms with van der Waals surface area (Å²) in [5.74, 6) is -0.105. The monoisotopic (exact) mass is 294 g/mol. The van der Waals surface area contributed by atoms with Crippen molar-refractivity contribution in [3.05, 3.63) is 35.1 Å². The highest BCUT2D eigenvalue weighted by Crippen LogP contribution is 2.17. The first kappa shape index (κ1) is 17.6. The molecule has 0 radical (unpaired) electrons. The van der Waals surface area contributed by atoms with E-state index in [-0.39, 0.29) is 30.6 Å². The predicted molar refractivity (Wildman–Crippen MR) is 78.1 cm³/mol. The highest BCUT2D eigenvalue weighted by molar-refractivity contribution is 5.85. The van der Waals surface area contributed by atoms with Crippen molar-refractivity contribution >= 4 is 24.8 Å². The number of nitrogens with two attached hydrogens (primary N) is 1. The quantitative estimate of drug-likeness (QED) is 0.909. The zero-order valence-electron chi connectivity index (χ0n) is 10.6. The van der Waals surface area contributed by atoms with Crippen LogP contribution in [0.3, 0.4) is 0 Å². The van der Waals surface area contributed by atoms with Crippen molar-refractivity contribution in [3.8, 4) is 0 Å². The molecule has 1 aliphatic heterocycles. The molecule has 1 fully saturated rings. The van der Waals surface area contributed by atoms with Gasteiger partial charge in [-0.05, 0) is 50.0 Å². The van der Waals surface area contributed by atoms with E-state index in [0.717, 1.165) is 43.6 Å². The lowest BCUT2D eigenvalue weighted by atomic mass is 10.0. The van der Waals surface area contributed by atoms with E-state index in [1.165, 1.54) is 6.07 Å². The molecule has 0 spiro atoms. The van der Waals surface area contributed by atoms with Crippen LogP contribution in [0.4, 0.5) is 4.39 Å². The Hall–Kier alpha value is -0.350. The van der Waals surface area contributed by atoms with E-state index in [0.29, 0.717) is 6.04 Å². The van der Waals surface area contributed by atoms with Gasteiger partial charge in [-0.15, -0.1) is 24.8 Å². The molecule has 0 atom stereocenters. The first-order chi connectivity index (χ1) is 7.66. The van der Waals surface area contributed by atoms with Gasteiger partial charge in [0, 0.05) is 12.6 Å². The first-order valence-electron chi connectivity index (χ1n) is 5.89. The summed E-state index contributed by atoms with van der Waals surface area (Å²) in [7, 11) is 0. The average Bonchev–Trinajstić information content (AvgIpc) is 2.28. The lowest BCUT2D eigenvalue weighted by Crippen LogP contribution is -2.39. The minimum absolute atomic E-state index is 0. The zero-order chi connectivity index (χ0) is 11.5. The van der Waals surface area contributed by atoms with Crippen LogP contribution in [0.1, 0.15) is 24.0 Å². The molecule has 1 heterocycles. The number of nitrogens with zero attached hydrogens (tertiary/aromatic N) is 1. The molecule has 104 valence electrons. The molecule has 1 aromatic rings. The maximum atomic E-state index is 13.4. The number of hydrogen-bond donors (Lipinski definition) is 1. The van der Waals surface area contributed by atoms with Gasteiger partial charge < -0.3 is 5.73 Å². The lowest BCUT2D eigenvalue weighted by Gasteiger charge is -2.30. The molecule has 1 saturated heterocycles. The van der Waals surface area contributed by atoms with Gasteiger partial charge in [-0.2, -0.15) is 0 Å². The Bertz CT molecular complexity index is 366. The Kier molecular flexibility index (Phi) is 7.79. The van der Waals surface area contributed by atoms with E-state index in [1.54, 1.807) is 6.07 Å². The van der Waals surface area contributed by atoms with Crippen LogP contribution in [0, 0.1) is 12.7 Å². The van der Waals surface area contributed by atoms with Crippen LogP contribution >= 0.6 is 24.8 Å². The average molecular weight is 295 g/mol. The largest absolute Gasteiger partial charge is 0.328 e. The molecule has 0 aromatic heterocycles. The maximum Gasteiger partial charge on any atom is 0.126 e. The van der Waals surface area contributed by atoms with Crippen LogP contribution in [-0.4, -0.2) is 24.0 Å². The molecular weight excluding hydrogens is 274 g/mol. The maximum absolute atomic E-state index is 13.4. The van der Waals surface area contributed by atoms with Crippen molar-refractivity contribution in [2.75, 3.05) is 13.1 Å². The number of likely N-dealkylation sites (tertiary alicyclic amines) is 1. The van der Waals surface area contributed by atoms with Gasteiger partial charge in [-0.3, -0.25) is 4.90 Å². The summed E-state index contributed by atoms with van der Waals surface area (Å²) in [6, 6.07) is 5.66. The van der Waals surface area contributed by atoms with E-state index in [9.17, 15) is 4.39 Å². The lowest BCUT2D eigenvalue weighted by molar-refractivity contribution is 0.205. The van der Waals surface area contributed by atoms with Crippen LogP contribution in [-0.2, 0) is 6.54 Å². The fourth-order valence-corrected chi connectivity index (χ4v) is 2.18. The molecule has 5 heteroatoms. The van der Waals surface area contributed by atoms with Crippen LogP contribution in [0.2, 0.25) is 0 Å². The predicted octanol–water partition coefficient (Wildman–Crippen LogP) is 2.90. The van der Waals surface area contributed by atoms with Crippen molar-refractivity contribution in [2.45, 2.75) is 32.4 Å². The number of benzene rings is 1. The Balaban J connectivity index is 0.00000144. The van der Waals surface area contributed by atoms with Gasteiger partial charge in [0.2, 0.25) is 0 Å². The molecule has 0 aliphatic carbocycles. The van der Waals surface area contributed by atoms with Crippen molar-refractivity contribution in [3.63, 3.8) is 0 Å². The van der Waals surface area contributed by atoms with Crippen molar-refractivity contribution in [2.24, 2.45) is 5.73 Å². The third-order valence-electron chi connectivity index (χ3n) is 3.41. The normalized spacial score (nSPS) is 16.8. The van der Waals surface area contributed by atoms with Crippen LogP contribution in [0.5, 0.6) is 0 Å². The molecule has 0 bridgehead atoms. The standard InChI is InChI=1S/C13H19FN2.2ClH/c1-10-11(3-2-4-13(10)14)9-16-7-5-12(15)6-8-16;;/h2-4,12H,5-9,15H2,1H3;2*1H. The molecule has 1 aliphatic rings. The molecule has 0 amide bonds. The topological polar surface area (TPSA) is 29.3 Å². The molecular formula is C13H21Cl2FN2. The second kappa shape index (κ2) is 7.95. The summed E-state index contributed by atoms with van der Waals surface area (Å²) in [4.78, 5) is 2.35. The Morgan fingerprint density at radius 2 is 1.89 bits per heavy atom. The third-order valence-corrected chi connectivity index (χ3v) is 3.41. The van der Waals surface area contributed by atoms with E-state index < -0.39 is 0 Å². The summed E-state index contributed by atoms with van der Waals surface area (Å²) in [5.41, 5.74) is 7.73. The first-order valence-corrected chi connectivity index (χ1v) is 5.89. The van der Waals surface area contributed by atoms with Gasteiger partial charge in [0.05, 0.1) is 0 Å². The second-order valence-corrected chi connectivity index (χ2v) is 4.64. The third kappa shape index (κ3) is 4.39. The van der Waals surface area contributed by atoms with E-state index in [1.807, 2.05) is 13.0 Å². The number of hydrogen-bond acceptors (Lipinski definition) is 2. The van der Waals surface area contributed by atoms with Gasteiger partial charge in [-0.1, -0.05) is 12.1 Å². The molecule has 18 heavy (non-hydrogen) atoms. The van der Waals surface area contributed by atoms with Crippen molar-refractivity contribution in [1.29, 1.82) is 0 Å². The van der Waals surface area contributed by atoms with Crippen molar-refractivity contribution in [1.82, 2.24) is 4.90 Å². The molecule has 2 N–H and O–H groups in total. The van der Waals surface area contributed by atoms with Crippen LogP contribution in [0.25, 0.3) is 0 Å². The molecule has 2 nitrogen and oxygen atoms in total. The molecule has 0 saturated carbocycles. The number of halogens is 3. The Labute approximate surface area is 121 Å². The fourth-order valence-electron chi connectivity index (χ4n) is 2.18. The smallest absolute Gasteiger partial charge is 0.126 e. The minimum Gasteiger partial charge on any atom is -0.328 e. The summed E-state index contributed by atoms with van der Waals surface area (Å²) < 4.78 is 13.4. The van der Waals surface area contributed by atoms with Gasteiger partial charge in [0.1, 0.15) is 5.82 Å². The number of piperidine rings is 1. The van der Waals surface area contributed by atoms with E-state index in [4.69, 9.17) is 5.73 Å². The highest BCUT2D eigenvalue weighted by atomic mass is 35.5. The van der Waals surface area contributed by atoms with Gasteiger partial charge in [0.15, 0.2) is 0 Å². The Morgan fingerprint density at radius 1 is 1.28 bits per heavy atom. The highest BCUT2D eigenvalue weighted by Gasteiger charge is 2.16. The van der Waals surface area contributed by atoms with Crippen molar-refractivity contribution < 1.29 is 4.39 Å². The van der Waals surface area contributed by atoms with Crippen LogP contribution < -0.4 is 5.73 Å². The Morgan fingerprint density at radius 3 is 2.50 bits per heavy atom. The summed E-state index contributed by atoms with van der Waals surface area (Å²) in [6.45, 7) is 4.74. The van der Waals surface area contributed by atoms with Gasteiger partial charge in [0.25, 0.3) is 0 Å². The molecule has 2 rings (SSSR count). The molecule has 1 aromatic carbocycles. The fraction of sp³-hybridized carbons (Fsp3) is 0.538. The van der Waals surface area contributed by atoms with Gasteiger partial charge >= 0.3 is 0 Å². The van der Waals surface area contributed by atoms with Crippen LogP contribution in [0.15, 0.2) is 18.2 Å². The second-order valence-electron chi connectivity index (χ2n) is 4.64. The van der Waals surface area contributed by atoms with Gasteiger partial charge in [-0.25, -0.2) is 4.39 Å². The summed E-state index contributed by atoms with van der Waals surface area (Å²) >= 11 is 0. The van der Waals surface area contributed by atoms with E-state index in [2.05, 4.69) is 4.90 Å². The SMILES string of the molecule is Cc1c(F)cccc1CN1CCC(N)CC1.Cl.Cl. The summed E-state index contributed by atoms with van der Waals surface area (Å²) in [5, 5.41) is 0. The summed E-state index contributed by atoms with van der Waals surface area (Å²) in [6.07, 6.45) is 2.10. The molecule has 0 unspecified atom stereocenters.